The van der Waals surface area contributed by atoms with Gasteiger partial charge in [0.05, 0.1) is 0 Å². The van der Waals surface area contributed by atoms with Crippen LogP contribution in [0.4, 0.5) is 0 Å². The summed E-state index contributed by atoms with van der Waals surface area (Å²) in [6, 6.07) is 0.333. The second-order valence-corrected chi connectivity index (χ2v) is 1.97. The van der Waals surface area contributed by atoms with Gasteiger partial charge in [0, 0.05) is 6.61 Å². The van der Waals surface area contributed by atoms with Gasteiger partial charge < -0.3 is 10.8 Å². The molecule has 0 aliphatic heterocycles. The zero-order valence-corrected chi connectivity index (χ0v) is 6.02. The molecule has 0 amide bonds. The molecular weight excluding hydrogens is 102 g/mol. The molecule has 0 rings (SSSR count). The van der Waals surface area contributed by atoms with Crippen LogP contribution in [-0.4, -0.2) is 17.8 Å². The highest BCUT2D eigenvalue weighted by Gasteiger charge is 1.67. The Labute approximate surface area is 51.7 Å². The molecule has 0 heterocycles. The fourth-order valence-corrected chi connectivity index (χ4v) is 0. The SMILES string of the molecule is CC(C)N.CCCO. The summed E-state index contributed by atoms with van der Waals surface area (Å²) in [4.78, 5) is 0. The lowest BCUT2D eigenvalue weighted by atomic mass is 10.5. The summed E-state index contributed by atoms with van der Waals surface area (Å²) in [5, 5.41) is 7.88. The Balaban J connectivity index is 0. The van der Waals surface area contributed by atoms with Crippen molar-refractivity contribution >= 4 is 0 Å². The first-order valence-electron chi connectivity index (χ1n) is 3.01. The van der Waals surface area contributed by atoms with Gasteiger partial charge in [-0.15, -0.1) is 0 Å². The van der Waals surface area contributed by atoms with Crippen molar-refractivity contribution in [1.82, 2.24) is 0 Å². The number of rotatable bonds is 1. The van der Waals surface area contributed by atoms with Crippen LogP contribution in [0, 0.1) is 0 Å². The van der Waals surface area contributed by atoms with Crippen molar-refractivity contribution in [2.75, 3.05) is 6.61 Å². The Hall–Kier alpha value is -0.0800. The minimum absolute atomic E-state index is 0.319. The van der Waals surface area contributed by atoms with Crippen LogP contribution in [-0.2, 0) is 0 Å². The van der Waals surface area contributed by atoms with E-state index in [1.165, 1.54) is 0 Å². The van der Waals surface area contributed by atoms with E-state index in [9.17, 15) is 0 Å². The maximum Gasteiger partial charge on any atom is 0.0428 e. The lowest BCUT2D eigenvalue weighted by Crippen LogP contribution is -2.06. The smallest absolute Gasteiger partial charge is 0.0428 e. The molecule has 0 spiro atoms. The third-order valence-electron chi connectivity index (χ3n) is 0.224. The van der Waals surface area contributed by atoms with E-state index in [1.807, 2.05) is 20.8 Å². The van der Waals surface area contributed by atoms with Gasteiger partial charge >= 0.3 is 0 Å². The molecule has 0 bridgehead atoms. The number of nitrogens with two attached hydrogens (primary N) is 1. The third kappa shape index (κ3) is 169. The number of aliphatic hydroxyl groups is 1. The van der Waals surface area contributed by atoms with E-state index in [0.717, 1.165) is 6.42 Å². The second-order valence-electron chi connectivity index (χ2n) is 1.97. The molecular formula is C6H17NO. The minimum Gasteiger partial charge on any atom is -0.396 e. The molecule has 8 heavy (non-hydrogen) atoms. The summed E-state index contributed by atoms with van der Waals surface area (Å²) in [5.74, 6) is 0. The van der Waals surface area contributed by atoms with E-state index in [2.05, 4.69) is 0 Å². The van der Waals surface area contributed by atoms with Crippen molar-refractivity contribution < 1.29 is 5.11 Å². The summed E-state index contributed by atoms with van der Waals surface area (Å²) in [6.07, 6.45) is 0.875. The highest BCUT2D eigenvalue weighted by molar-refractivity contribution is 4.32. The van der Waals surface area contributed by atoms with Crippen molar-refractivity contribution in [1.29, 1.82) is 0 Å². The van der Waals surface area contributed by atoms with Gasteiger partial charge in [0.25, 0.3) is 0 Å². The van der Waals surface area contributed by atoms with Gasteiger partial charge in [-0.25, -0.2) is 0 Å². The monoisotopic (exact) mass is 119 g/mol. The molecule has 0 saturated carbocycles. The Morgan fingerprint density at radius 2 is 1.62 bits per heavy atom. The zero-order valence-electron chi connectivity index (χ0n) is 6.02. The predicted molar refractivity (Wildman–Crippen MR) is 36.7 cm³/mol. The highest BCUT2D eigenvalue weighted by Crippen LogP contribution is 1.61. The molecule has 0 unspecified atom stereocenters. The van der Waals surface area contributed by atoms with Crippen LogP contribution < -0.4 is 5.73 Å². The maximum atomic E-state index is 7.88. The van der Waals surface area contributed by atoms with Crippen LogP contribution in [0.1, 0.15) is 27.2 Å². The molecule has 2 heteroatoms. The summed E-state index contributed by atoms with van der Waals surface area (Å²) in [5.41, 5.74) is 5.11. The molecule has 0 aliphatic rings. The molecule has 2 nitrogen and oxygen atoms in total. The molecule has 0 saturated heterocycles. The molecule has 52 valence electrons. The average Bonchev–Trinajstić information content (AvgIpc) is 1.65. The Morgan fingerprint density at radius 1 is 1.50 bits per heavy atom. The number of hydrogen-bond acceptors (Lipinski definition) is 2. The van der Waals surface area contributed by atoms with Gasteiger partial charge in [-0.3, -0.25) is 0 Å². The lowest BCUT2D eigenvalue weighted by molar-refractivity contribution is 0.295. The summed E-state index contributed by atoms with van der Waals surface area (Å²) in [7, 11) is 0. The van der Waals surface area contributed by atoms with Crippen molar-refractivity contribution in [3.05, 3.63) is 0 Å². The van der Waals surface area contributed by atoms with E-state index in [1.54, 1.807) is 0 Å². The molecule has 0 atom stereocenters. The van der Waals surface area contributed by atoms with Gasteiger partial charge in [0.15, 0.2) is 0 Å². The molecule has 3 N–H and O–H groups in total. The van der Waals surface area contributed by atoms with Gasteiger partial charge in [-0.2, -0.15) is 0 Å². The third-order valence-corrected chi connectivity index (χ3v) is 0.224. The highest BCUT2D eigenvalue weighted by atomic mass is 16.2. The van der Waals surface area contributed by atoms with Crippen molar-refractivity contribution in [2.45, 2.75) is 33.2 Å². The van der Waals surface area contributed by atoms with E-state index < -0.39 is 0 Å². The molecule has 0 aromatic rings. The largest absolute Gasteiger partial charge is 0.396 e. The van der Waals surface area contributed by atoms with Crippen molar-refractivity contribution in [2.24, 2.45) is 5.73 Å². The Kier molecular flexibility index (Phi) is 13.6. The van der Waals surface area contributed by atoms with Gasteiger partial charge in [0.2, 0.25) is 0 Å². The van der Waals surface area contributed by atoms with Gasteiger partial charge in [-0.05, 0) is 12.5 Å². The Bertz CT molecular complexity index is 25.0. The Morgan fingerprint density at radius 3 is 1.62 bits per heavy atom. The van der Waals surface area contributed by atoms with Crippen LogP contribution >= 0.6 is 0 Å². The van der Waals surface area contributed by atoms with E-state index in [0.29, 0.717) is 12.6 Å². The molecule has 0 fully saturated rings. The maximum absolute atomic E-state index is 7.88. The second kappa shape index (κ2) is 10.0. The number of aliphatic hydroxyl groups excluding tert-OH is 1. The fraction of sp³-hybridized carbons (Fsp3) is 1.00. The normalized spacial score (nSPS) is 8.25. The van der Waals surface area contributed by atoms with Crippen LogP contribution in [0.2, 0.25) is 0 Å². The van der Waals surface area contributed by atoms with Gasteiger partial charge in [-0.1, -0.05) is 20.8 Å². The summed E-state index contributed by atoms with van der Waals surface area (Å²) in [6.45, 7) is 6.14. The zero-order chi connectivity index (χ0) is 6.99. The number of hydrogen-bond donors (Lipinski definition) is 2. The van der Waals surface area contributed by atoms with Crippen molar-refractivity contribution in [3.63, 3.8) is 0 Å². The van der Waals surface area contributed by atoms with Crippen LogP contribution in [0.25, 0.3) is 0 Å². The van der Waals surface area contributed by atoms with E-state index in [4.69, 9.17) is 10.8 Å². The predicted octanol–water partition coefficient (Wildman–Crippen LogP) is 0.742. The molecule has 0 aliphatic carbocycles. The van der Waals surface area contributed by atoms with Crippen LogP contribution in [0.15, 0.2) is 0 Å². The molecule has 0 radical (unpaired) electrons. The van der Waals surface area contributed by atoms with Gasteiger partial charge in [0.1, 0.15) is 0 Å². The minimum atomic E-state index is 0.319. The van der Waals surface area contributed by atoms with Crippen molar-refractivity contribution in [3.8, 4) is 0 Å². The fourth-order valence-electron chi connectivity index (χ4n) is 0. The average molecular weight is 119 g/mol. The first-order chi connectivity index (χ1) is 3.65. The standard InChI is InChI=1S/C3H9N.C3H8O/c1-3(2)4;1-2-3-4/h3H,4H2,1-2H3;4H,2-3H2,1H3. The van der Waals surface area contributed by atoms with E-state index >= 15 is 0 Å². The van der Waals surface area contributed by atoms with E-state index in [-0.39, 0.29) is 0 Å². The summed E-state index contributed by atoms with van der Waals surface area (Å²) < 4.78 is 0. The lowest BCUT2D eigenvalue weighted by Gasteiger charge is -1.81. The molecule has 0 aromatic carbocycles. The first kappa shape index (κ1) is 10.8. The van der Waals surface area contributed by atoms with Crippen LogP contribution in [0.3, 0.4) is 0 Å². The molecule has 0 aromatic heterocycles. The first-order valence-corrected chi connectivity index (χ1v) is 3.01. The van der Waals surface area contributed by atoms with Crippen LogP contribution in [0.5, 0.6) is 0 Å². The quantitative estimate of drug-likeness (QED) is 0.535. The summed E-state index contributed by atoms with van der Waals surface area (Å²) >= 11 is 0. The topological polar surface area (TPSA) is 46.2 Å².